The summed E-state index contributed by atoms with van der Waals surface area (Å²) in [6, 6.07) is 15.9. The maximum Gasteiger partial charge on any atom is 0.261 e. The van der Waals surface area contributed by atoms with Crippen molar-refractivity contribution in [1.29, 1.82) is 0 Å². The summed E-state index contributed by atoms with van der Waals surface area (Å²) in [6.45, 7) is 4.22. The summed E-state index contributed by atoms with van der Waals surface area (Å²) in [4.78, 5) is 4.25. The third-order valence-corrected chi connectivity index (χ3v) is 5.38. The number of pyridine rings is 1. The van der Waals surface area contributed by atoms with E-state index in [9.17, 15) is 12.8 Å². The summed E-state index contributed by atoms with van der Waals surface area (Å²) in [5.74, 6) is 0.469. The first-order chi connectivity index (χ1) is 12.8. The number of aromatic nitrogens is 1. The first-order valence-corrected chi connectivity index (χ1v) is 9.94. The van der Waals surface area contributed by atoms with Gasteiger partial charge in [-0.05, 0) is 53.9 Å². The Bertz CT molecular complexity index is 1020. The van der Waals surface area contributed by atoms with Gasteiger partial charge in [-0.25, -0.2) is 17.8 Å². The lowest BCUT2D eigenvalue weighted by atomic mass is 10.0. The number of hydrogen-bond acceptors (Lipinski definition) is 4. The predicted octanol–water partition coefficient (Wildman–Crippen LogP) is 4.89. The molecule has 2 N–H and O–H groups in total. The Kier molecular flexibility index (Phi) is 5.41. The zero-order valence-electron chi connectivity index (χ0n) is 15.0. The van der Waals surface area contributed by atoms with E-state index in [1.165, 1.54) is 23.9 Å². The summed E-state index contributed by atoms with van der Waals surface area (Å²) in [5.41, 5.74) is 2.45. The molecule has 0 aliphatic heterocycles. The predicted molar refractivity (Wildman–Crippen MR) is 105 cm³/mol. The van der Waals surface area contributed by atoms with Gasteiger partial charge in [-0.3, -0.25) is 4.72 Å². The van der Waals surface area contributed by atoms with E-state index in [0.717, 1.165) is 17.8 Å². The van der Waals surface area contributed by atoms with Crippen molar-refractivity contribution < 1.29 is 12.8 Å². The highest BCUT2D eigenvalue weighted by Gasteiger charge is 2.14. The molecule has 0 fully saturated rings. The summed E-state index contributed by atoms with van der Waals surface area (Å²) in [7, 11) is -3.80. The van der Waals surface area contributed by atoms with Gasteiger partial charge in [-0.1, -0.05) is 32.0 Å². The van der Waals surface area contributed by atoms with Gasteiger partial charge in [0.15, 0.2) is 0 Å². The van der Waals surface area contributed by atoms with E-state index in [4.69, 9.17) is 0 Å². The molecule has 3 rings (SSSR count). The third-order valence-electron chi connectivity index (χ3n) is 3.99. The van der Waals surface area contributed by atoms with Gasteiger partial charge in [-0.15, -0.1) is 0 Å². The second kappa shape index (κ2) is 7.75. The summed E-state index contributed by atoms with van der Waals surface area (Å²) in [6.07, 6.45) is 1.43. The zero-order valence-corrected chi connectivity index (χ0v) is 15.8. The van der Waals surface area contributed by atoms with E-state index < -0.39 is 15.8 Å². The SMILES string of the molecule is CC(C)c1ccccc1Nc1ccc(NS(=O)(=O)c2ccc(F)cc2)cn1. The lowest BCUT2D eigenvalue weighted by molar-refractivity contribution is 0.599. The lowest BCUT2D eigenvalue weighted by Gasteiger charge is -2.14. The second-order valence-electron chi connectivity index (χ2n) is 6.36. The van der Waals surface area contributed by atoms with Crippen LogP contribution in [0, 0.1) is 5.82 Å². The van der Waals surface area contributed by atoms with Crippen LogP contribution in [-0.2, 0) is 10.0 Å². The first kappa shape index (κ1) is 18.8. The molecule has 2 aromatic carbocycles. The minimum absolute atomic E-state index is 0.0167. The Morgan fingerprint density at radius 3 is 2.30 bits per heavy atom. The normalized spacial score (nSPS) is 11.4. The van der Waals surface area contributed by atoms with Crippen LogP contribution in [0.2, 0.25) is 0 Å². The molecule has 0 radical (unpaired) electrons. The van der Waals surface area contributed by atoms with Crippen molar-refractivity contribution in [2.45, 2.75) is 24.7 Å². The molecular formula is C20H20FN3O2S. The maximum atomic E-state index is 13.0. The first-order valence-electron chi connectivity index (χ1n) is 8.45. The van der Waals surface area contributed by atoms with Crippen molar-refractivity contribution in [3.05, 3.63) is 78.2 Å². The van der Waals surface area contributed by atoms with E-state index in [2.05, 4.69) is 34.9 Å². The molecule has 0 spiro atoms. The molecular weight excluding hydrogens is 365 g/mol. The van der Waals surface area contributed by atoms with Gasteiger partial charge in [0.25, 0.3) is 10.0 Å². The van der Waals surface area contributed by atoms with Gasteiger partial charge in [0.2, 0.25) is 0 Å². The molecule has 1 aromatic heterocycles. The number of para-hydroxylation sites is 1. The molecule has 0 amide bonds. The van der Waals surface area contributed by atoms with E-state index in [-0.39, 0.29) is 4.90 Å². The Hall–Kier alpha value is -2.93. The van der Waals surface area contributed by atoms with Crippen LogP contribution in [0.15, 0.2) is 71.8 Å². The average Bonchev–Trinajstić information content (AvgIpc) is 2.64. The molecule has 5 nitrogen and oxygen atoms in total. The molecule has 1 heterocycles. The van der Waals surface area contributed by atoms with Gasteiger partial charge >= 0.3 is 0 Å². The van der Waals surface area contributed by atoms with E-state index in [1.807, 2.05) is 18.2 Å². The molecule has 0 unspecified atom stereocenters. The highest BCUT2D eigenvalue weighted by Crippen LogP contribution is 2.26. The van der Waals surface area contributed by atoms with Crippen LogP contribution in [0.4, 0.5) is 21.6 Å². The van der Waals surface area contributed by atoms with Gasteiger partial charge in [-0.2, -0.15) is 0 Å². The van der Waals surface area contributed by atoms with Crippen LogP contribution >= 0.6 is 0 Å². The Labute approximate surface area is 158 Å². The molecule has 0 aliphatic rings. The Balaban J connectivity index is 1.75. The van der Waals surface area contributed by atoms with Gasteiger partial charge < -0.3 is 5.32 Å². The highest BCUT2D eigenvalue weighted by atomic mass is 32.2. The third kappa shape index (κ3) is 4.62. The van der Waals surface area contributed by atoms with Crippen LogP contribution in [0.3, 0.4) is 0 Å². The number of hydrogen-bond donors (Lipinski definition) is 2. The monoisotopic (exact) mass is 385 g/mol. The molecule has 0 atom stereocenters. The summed E-state index contributed by atoms with van der Waals surface area (Å²) < 4.78 is 40.1. The molecule has 0 bridgehead atoms. The van der Waals surface area contributed by atoms with Crippen LogP contribution in [-0.4, -0.2) is 13.4 Å². The van der Waals surface area contributed by atoms with Crippen LogP contribution < -0.4 is 10.0 Å². The molecule has 140 valence electrons. The van der Waals surface area contributed by atoms with Crippen molar-refractivity contribution >= 4 is 27.2 Å². The number of sulfonamides is 1. The smallest absolute Gasteiger partial charge is 0.261 e. The van der Waals surface area contributed by atoms with E-state index in [1.54, 1.807) is 12.1 Å². The number of nitrogens with one attached hydrogen (secondary N) is 2. The van der Waals surface area contributed by atoms with Crippen molar-refractivity contribution in [2.24, 2.45) is 0 Å². The molecule has 0 saturated heterocycles. The Morgan fingerprint density at radius 1 is 0.963 bits per heavy atom. The molecule has 0 saturated carbocycles. The lowest BCUT2D eigenvalue weighted by Crippen LogP contribution is -2.13. The fraction of sp³-hybridized carbons (Fsp3) is 0.150. The van der Waals surface area contributed by atoms with Crippen LogP contribution in [0.1, 0.15) is 25.3 Å². The maximum absolute atomic E-state index is 13.0. The fourth-order valence-electron chi connectivity index (χ4n) is 2.61. The standard InChI is InChI=1S/C20H20FN3O2S/c1-14(2)18-5-3-4-6-19(18)23-20-12-9-16(13-22-20)24-27(25,26)17-10-7-15(21)8-11-17/h3-14,24H,1-2H3,(H,22,23). The molecule has 0 aliphatic carbocycles. The highest BCUT2D eigenvalue weighted by molar-refractivity contribution is 7.92. The van der Waals surface area contributed by atoms with Gasteiger partial charge in [0.05, 0.1) is 16.8 Å². The number of nitrogens with zero attached hydrogens (tertiary/aromatic N) is 1. The van der Waals surface area contributed by atoms with Crippen molar-refractivity contribution in [3.8, 4) is 0 Å². The van der Waals surface area contributed by atoms with E-state index >= 15 is 0 Å². The summed E-state index contributed by atoms with van der Waals surface area (Å²) in [5, 5.41) is 3.25. The Morgan fingerprint density at radius 2 is 1.67 bits per heavy atom. The minimum Gasteiger partial charge on any atom is -0.340 e. The fourth-order valence-corrected chi connectivity index (χ4v) is 3.65. The topological polar surface area (TPSA) is 71.1 Å². The van der Waals surface area contributed by atoms with Crippen molar-refractivity contribution in [1.82, 2.24) is 4.98 Å². The summed E-state index contributed by atoms with van der Waals surface area (Å²) >= 11 is 0. The van der Waals surface area contributed by atoms with Crippen molar-refractivity contribution in [3.63, 3.8) is 0 Å². The van der Waals surface area contributed by atoms with Gasteiger partial charge in [0.1, 0.15) is 11.6 Å². The van der Waals surface area contributed by atoms with E-state index in [0.29, 0.717) is 17.4 Å². The van der Waals surface area contributed by atoms with Crippen LogP contribution in [0.25, 0.3) is 0 Å². The van der Waals surface area contributed by atoms with Crippen molar-refractivity contribution in [2.75, 3.05) is 10.0 Å². The molecule has 27 heavy (non-hydrogen) atoms. The zero-order chi connectivity index (χ0) is 19.4. The number of rotatable bonds is 6. The van der Waals surface area contributed by atoms with Crippen LogP contribution in [0.5, 0.6) is 0 Å². The number of benzene rings is 2. The average molecular weight is 385 g/mol. The van der Waals surface area contributed by atoms with Gasteiger partial charge in [0, 0.05) is 5.69 Å². The quantitative estimate of drug-likeness (QED) is 0.634. The number of anilines is 3. The largest absolute Gasteiger partial charge is 0.340 e. The second-order valence-corrected chi connectivity index (χ2v) is 8.04. The number of halogens is 1. The molecule has 3 aromatic rings. The minimum atomic E-state index is -3.80. The molecule has 7 heteroatoms.